The first-order valence-corrected chi connectivity index (χ1v) is 8.34. The predicted octanol–water partition coefficient (Wildman–Crippen LogP) is 5.68. The molecule has 2 heteroatoms. The minimum absolute atomic E-state index is 0.765. The van der Waals surface area contributed by atoms with Gasteiger partial charge in [-0.2, -0.15) is 5.26 Å². The Morgan fingerprint density at radius 2 is 2.00 bits per heavy atom. The molecule has 0 radical (unpaired) electrons. The Bertz CT molecular complexity index is 481. The lowest BCUT2D eigenvalue weighted by atomic mass is 9.93. The maximum Gasteiger partial charge on any atom is 0.0995 e. The van der Waals surface area contributed by atoms with Gasteiger partial charge in [-0.15, -0.1) is 0 Å². The number of unbranched alkanes of at least 4 members (excludes halogenated alkanes) is 2. The van der Waals surface area contributed by atoms with Gasteiger partial charge in [0.05, 0.1) is 11.6 Å². The third-order valence-electron chi connectivity index (χ3n) is 4.46. The van der Waals surface area contributed by atoms with Crippen molar-refractivity contribution < 1.29 is 0 Å². The van der Waals surface area contributed by atoms with E-state index in [2.05, 4.69) is 19.1 Å². The van der Waals surface area contributed by atoms with Crippen LogP contribution in [0, 0.1) is 17.2 Å². The molecule has 1 nitrogen and oxygen atoms in total. The van der Waals surface area contributed by atoms with Gasteiger partial charge in [0, 0.05) is 5.02 Å². The maximum absolute atomic E-state index is 9.27. The summed E-state index contributed by atoms with van der Waals surface area (Å²) in [7, 11) is 0. The van der Waals surface area contributed by atoms with Crippen LogP contribution in [-0.2, 0) is 12.8 Å². The van der Waals surface area contributed by atoms with Crippen LogP contribution >= 0.6 is 11.6 Å². The fourth-order valence-electron chi connectivity index (χ4n) is 3.25. The van der Waals surface area contributed by atoms with Crippen LogP contribution in [0.3, 0.4) is 0 Å². The van der Waals surface area contributed by atoms with Crippen molar-refractivity contribution in [1.29, 1.82) is 5.26 Å². The average Bonchev–Trinajstić information content (AvgIpc) is 2.96. The van der Waals surface area contributed by atoms with E-state index in [4.69, 9.17) is 11.6 Å². The summed E-state index contributed by atoms with van der Waals surface area (Å²) in [6.07, 6.45) is 10.9. The highest BCUT2D eigenvalue weighted by atomic mass is 35.5. The SMILES string of the molecule is CCCCCc1c(C#N)ccc(CC2CCCC2)c1Cl. The van der Waals surface area contributed by atoms with Crippen LogP contribution in [-0.4, -0.2) is 0 Å². The number of rotatable bonds is 6. The van der Waals surface area contributed by atoms with E-state index in [1.807, 2.05) is 6.07 Å². The summed E-state index contributed by atoms with van der Waals surface area (Å²) in [4.78, 5) is 0. The molecule has 0 aliphatic heterocycles. The topological polar surface area (TPSA) is 23.8 Å². The van der Waals surface area contributed by atoms with Crippen LogP contribution in [0.25, 0.3) is 0 Å². The molecule has 0 N–H and O–H groups in total. The second-order valence-electron chi connectivity index (χ2n) is 5.99. The van der Waals surface area contributed by atoms with Gasteiger partial charge in [-0.25, -0.2) is 0 Å². The summed E-state index contributed by atoms with van der Waals surface area (Å²) in [5.74, 6) is 0.795. The molecule has 1 aliphatic carbocycles. The van der Waals surface area contributed by atoms with Gasteiger partial charge in [0.2, 0.25) is 0 Å². The predicted molar refractivity (Wildman–Crippen MR) is 85.1 cm³/mol. The van der Waals surface area contributed by atoms with E-state index in [1.54, 1.807) is 0 Å². The summed E-state index contributed by atoms with van der Waals surface area (Å²) >= 11 is 6.60. The Morgan fingerprint density at radius 1 is 1.25 bits per heavy atom. The van der Waals surface area contributed by atoms with Gasteiger partial charge in [0.25, 0.3) is 0 Å². The van der Waals surface area contributed by atoms with E-state index < -0.39 is 0 Å². The van der Waals surface area contributed by atoms with E-state index >= 15 is 0 Å². The van der Waals surface area contributed by atoms with Crippen molar-refractivity contribution in [3.63, 3.8) is 0 Å². The molecular weight excluding hydrogens is 266 g/mol. The van der Waals surface area contributed by atoms with Crippen LogP contribution in [0.15, 0.2) is 12.1 Å². The Hall–Kier alpha value is -1.00. The Morgan fingerprint density at radius 3 is 2.65 bits per heavy atom. The lowest BCUT2D eigenvalue weighted by Gasteiger charge is -2.14. The van der Waals surface area contributed by atoms with E-state index in [-0.39, 0.29) is 0 Å². The quantitative estimate of drug-likeness (QED) is 0.618. The molecule has 1 aromatic rings. The first-order valence-electron chi connectivity index (χ1n) is 7.96. The minimum atomic E-state index is 0.765. The Kier molecular flexibility index (Phi) is 5.92. The zero-order valence-corrected chi connectivity index (χ0v) is 13.2. The molecule has 1 saturated carbocycles. The van der Waals surface area contributed by atoms with Crippen molar-refractivity contribution in [2.45, 2.75) is 64.7 Å². The lowest BCUT2D eigenvalue weighted by Crippen LogP contribution is -2.02. The zero-order chi connectivity index (χ0) is 14.4. The van der Waals surface area contributed by atoms with Gasteiger partial charge in [-0.05, 0) is 42.4 Å². The Labute approximate surface area is 128 Å². The van der Waals surface area contributed by atoms with Crippen LogP contribution in [0.1, 0.15) is 68.6 Å². The fourth-order valence-corrected chi connectivity index (χ4v) is 3.59. The fraction of sp³-hybridized carbons (Fsp3) is 0.611. The Balaban J connectivity index is 2.16. The van der Waals surface area contributed by atoms with Crippen LogP contribution < -0.4 is 0 Å². The molecule has 0 saturated heterocycles. The van der Waals surface area contributed by atoms with E-state index in [1.165, 1.54) is 44.1 Å². The largest absolute Gasteiger partial charge is 0.192 e. The van der Waals surface area contributed by atoms with Gasteiger partial charge >= 0.3 is 0 Å². The summed E-state index contributed by atoms with van der Waals surface area (Å²) in [6.45, 7) is 2.20. The number of benzene rings is 1. The highest BCUT2D eigenvalue weighted by molar-refractivity contribution is 6.32. The van der Waals surface area contributed by atoms with Crippen molar-refractivity contribution in [3.05, 3.63) is 33.8 Å². The highest BCUT2D eigenvalue weighted by Gasteiger charge is 2.18. The molecule has 0 unspecified atom stereocenters. The molecule has 0 atom stereocenters. The van der Waals surface area contributed by atoms with Crippen LogP contribution in [0.4, 0.5) is 0 Å². The first kappa shape index (κ1) is 15.4. The standard InChI is InChI=1S/C18H24ClN/c1-2-3-4-9-17-16(13-20)11-10-15(18(17)19)12-14-7-5-6-8-14/h10-11,14H,2-9,12H2,1H3. The van der Waals surface area contributed by atoms with E-state index in [9.17, 15) is 5.26 Å². The van der Waals surface area contributed by atoms with Crippen LogP contribution in [0.5, 0.6) is 0 Å². The van der Waals surface area contributed by atoms with E-state index in [0.29, 0.717) is 0 Å². The van der Waals surface area contributed by atoms with Crippen molar-refractivity contribution in [2.24, 2.45) is 5.92 Å². The number of nitriles is 1. The molecule has 0 amide bonds. The molecule has 1 aromatic carbocycles. The normalized spacial score (nSPS) is 15.4. The van der Waals surface area contributed by atoms with Crippen molar-refractivity contribution in [2.75, 3.05) is 0 Å². The monoisotopic (exact) mass is 289 g/mol. The average molecular weight is 290 g/mol. The van der Waals surface area contributed by atoms with Gasteiger partial charge in [0.15, 0.2) is 0 Å². The number of hydrogen-bond acceptors (Lipinski definition) is 1. The maximum atomic E-state index is 9.27. The summed E-state index contributed by atoms with van der Waals surface area (Å²) in [5, 5.41) is 10.1. The molecule has 20 heavy (non-hydrogen) atoms. The lowest BCUT2D eigenvalue weighted by molar-refractivity contribution is 0.546. The molecule has 1 fully saturated rings. The number of halogens is 1. The van der Waals surface area contributed by atoms with Crippen molar-refractivity contribution in [3.8, 4) is 6.07 Å². The van der Waals surface area contributed by atoms with Gasteiger partial charge in [0.1, 0.15) is 0 Å². The molecule has 0 bridgehead atoms. The van der Waals surface area contributed by atoms with Crippen molar-refractivity contribution in [1.82, 2.24) is 0 Å². The van der Waals surface area contributed by atoms with Crippen molar-refractivity contribution >= 4 is 11.6 Å². The molecule has 0 spiro atoms. The summed E-state index contributed by atoms with van der Waals surface area (Å²) in [5.41, 5.74) is 3.10. The third-order valence-corrected chi connectivity index (χ3v) is 4.93. The first-order chi connectivity index (χ1) is 9.76. The second-order valence-corrected chi connectivity index (χ2v) is 6.37. The molecular formula is C18H24ClN. The molecule has 0 heterocycles. The van der Waals surface area contributed by atoms with Gasteiger partial charge in [-0.3, -0.25) is 0 Å². The summed E-state index contributed by atoms with van der Waals surface area (Å²) in [6, 6.07) is 6.34. The molecule has 2 rings (SSSR count). The molecule has 108 valence electrons. The molecule has 0 aromatic heterocycles. The zero-order valence-electron chi connectivity index (χ0n) is 12.4. The highest BCUT2D eigenvalue weighted by Crippen LogP contribution is 2.33. The van der Waals surface area contributed by atoms with E-state index in [0.717, 1.165) is 41.3 Å². The van der Waals surface area contributed by atoms with Crippen LogP contribution in [0.2, 0.25) is 5.02 Å². The molecule has 1 aliphatic rings. The van der Waals surface area contributed by atoms with Gasteiger partial charge < -0.3 is 0 Å². The minimum Gasteiger partial charge on any atom is -0.192 e. The number of hydrogen-bond donors (Lipinski definition) is 0. The number of nitrogens with zero attached hydrogens (tertiary/aromatic N) is 1. The van der Waals surface area contributed by atoms with Gasteiger partial charge in [-0.1, -0.05) is 63.1 Å². The smallest absolute Gasteiger partial charge is 0.0995 e. The third kappa shape index (κ3) is 3.76. The summed E-state index contributed by atoms with van der Waals surface area (Å²) < 4.78 is 0. The second kappa shape index (κ2) is 7.70.